The van der Waals surface area contributed by atoms with Crippen LogP contribution in [0.3, 0.4) is 0 Å². The molecule has 0 spiro atoms. The molecule has 0 radical (unpaired) electrons. The lowest BCUT2D eigenvalue weighted by Gasteiger charge is -2.25. The van der Waals surface area contributed by atoms with Crippen LogP contribution in [0.15, 0.2) is 28.8 Å². The highest BCUT2D eigenvalue weighted by Gasteiger charge is 2.12. The largest absolute Gasteiger partial charge is 0.402 e. The Balaban J connectivity index is 2.65. The van der Waals surface area contributed by atoms with Crippen LogP contribution in [0, 0.1) is 5.92 Å². The van der Waals surface area contributed by atoms with Crippen LogP contribution in [0.25, 0.3) is 0 Å². The molecule has 0 amide bonds. The molecule has 1 unspecified atom stereocenters. The van der Waals surface area contributed by atoms with Gasteiger partial charge in [-0.15, -0.1) is 0 Å². The minimum Gasteiger partial charge on any atom is -0.402 e. The Morgan fingerprint density at radius 1 is 1.41 bits per heavy atom. The Hall–Kier alpha value is -1.25. The summed E-state index contributed by atoms with van der Waals surface area (Å²) >= 11 is 0. The molecule has 0 bridgehead atoms. The maximum absolute atomic E-state index is 5.57. The molecule has 0 aromatic heterocycles. The normalized spacial score (nSPS) is 19.6. The van der Waals surface area contributed by atoms with Crippen molar-refractivity contribution in [3.8, 4) is 0 Å². The van der Waals surface area contributed by atoms with E-state index < -0.39 is 0 Å². The van der Waals surface area contributed by atoms with E-state index in [2.05, 4.69) is 36.9 Å². The molecule has 17 heavy (non-hydrogen) atoms. The minimum atomic E-state index is 0.726. The van der Waals surface area contributed by atoms with Crippen molar-refractivity contribution >= 4 is 6.21 Å². The molecule has 1 rings (SSSR count). The van der Waals surface area contributed by atoms with Crippen molar-refractivity contribution in [2.45, 2.75) is 46.5 Å². The van der Waals surface area contributed by atoms with Crippen LogP contribution in [-0.2, 0) is 0 Å². The molecule has 0 aromatic carbocycles. The van der Waals surface area contributed by atoms with Crippen molar-refractivity contribution in [1.29, 1.82) is 0 Å². The first-order valence-corrected chi connectivity index (χ1v) is 6.64. The molecule has 0 saturated carbocycles. The van der Waals surface area contributed by atoms with Gasteiger partial charge in [-0.1, -0.05) is 33.6 Å². The summed E-state index contributed by atoms with van der Waals surface area (Å²) < 4.78 is 0. The highest BCUT2D eigenvalue weighted by atomic mass is 15.2. The molecule has 1 aliphatic heterocycles. The smallest absolute Gasteiger partial charge is 0.148 e. The average molecular weight is 235 g/mol. The van der Waals surface area contributed by atoms with E-state index in [1.165, 1.54) is 18.4 Å². The zero-order valence-electron chi connectivity index (χ0n) is 11.3. The lowest BCUT2D eigenvalue weighted by molar-refractivity contribution is 0.442. The summed E-state index contributed by atoms with van der Waals surface area (Å²) in [4.78, 5) is 6.56. The van der Waals surface area contributed by atoms with E-state index in [9.17, 15) is 0 Å². The van der Waals surface area contributed by atoms with E-state index in [-0.39, 0.29) is 0 Å². The first-order chi connectivity index (χ1) is 8.21. The van der Waals surface area contributed by atoms with Gasteiger partial charge in [0.05, 0.1) is 0 Å². The predicted octanol–water partition coefficient (Wildman–Crippen LogP) is 3.25. The van der Waals surface area contributed by atoms with Gasteiger partial charge in [-0.2, -0.15) is 0 Å². The third-order valence-electron chi connectivity index (χ3n) is 2.96. The van der Waals surface area contributed by atoms with E-state index in [4.69, 9.17) is 5.73 Å². The lowest BCUT2D eigenvalue weighted by Crippen LogP contribution is -2.22. The molecule has 96 valence electrons. The number of allylic oxidation sites excluding steroid dienone is 1. The number of hydrogen-bond acceptors (Lipinski definition) is 3. The van der Waals surface area contributed by atoms with E-state index in [1.54, 1.807) is 6.20 Å². The number of nitrogens with two attached hydrogens (primary N) is 1. The minimum absolute atomic E-state index is 0.726. The molecule has 1 heterocycles. The van der Waals surface area contributed by atoms with Crippen LogP contribution in [0.1, 0.15) is 46.5 Å². The van der Waals surface area contributed by atoms with Crippen LogP contribution < -0.4 is 5.73 Å². The van der Waals surface area contributed by atoms with Crippen molar-refractivity contribution in [3.05, 3.63) is 23.8 Å². The fraction of sp³-hybridized carbons (Fsp3) is 0.643. The summed E-state index contributed by atoms with van der Waals surface area (Å²) in [5.74, 6) is 1.59. The summed E-state index contributed by atoms with van der Waals surface area (Å²) in [6.07, 6.45) is 10.5. The zero-order valence-corrected chi connectivity index (χ0v) is 11.3. The molecule has 0 saturated heterocycles. The molecule has 2 N–H and O–H groups in total. The van der Waals surface area contributed by atoms with Gasteiger partial charge >= 0.3 is 0 Å². The van der Waals surface area contributed by atoms with Gasteiger partial charge in [-0.3, -0.25) is 0 Å². The Morgan fingerprint density at radius 3 is 2.76 bits per heavy atom. The van der Waals surface area contributed by atoms with Crippen LogP contribution in [-0.4, -0.2) is 17.7 Å². The van der Waals surface area contributed by atoms with E-state index >= 15 is 0 Å². The highest BCUT2D eigenvalue weighted by Crippen LogP contribution is 2.20. The fourth-order valence-corrected chi connectivity index (χ4v) is 2.18. The third-order valence-corrected chi connectivity index (χ3v) is 2.96. The van der Waals surface area contributed by atoms with Gasteiger partial charge in [0, 0.05) is 25.2 Å². The second-order valence-corrected chi connectivity index (χ2v) is 4.78. The van der Waals surface area contributed by atoms with Crippen molar-refractivity contribution in [3.63, 3.8) is 0 Å². The lowest BCUT2D eigenvalue weighted by atomic mass is 9.97. The molecule has 3 heteroatoms. The third kappa shape index (κ3) is 4.25. The summed E-state index contributed by atoms with van der Waals surface area (Å²) in [7, 11) is 0. The summed E-state index contributed by atoms with van der Waals surface area (Å²) in [5, 5.41) is 0. The zero-order chi connectivity index (χ0) is 12.7. The van der Waals surface area contributed by atoms with Crippen molar-refractivity contribution in [2.24, 2.45) is 16.6 Å². The first-order valence-electron chi connectivity index (χ1n) is 6.64. The first kappa shape index (κ1) is 13.8. The Bertz CT molecular complexity index is 315. The SMILES string of the molecule is CCCC(C)CC1=CN(CCC)/C(=C\N)N=C1. The molecular formula is C14H25N3. The molecule has 0 aliphatic carbocycles. The van der Waals surface area contributed by atoms with Crippen LogP contribution in [0.4, 0.5) is 0 Å². The number of aliphatic imine (C=N–C) groups is 1. The Labute approximate surface area is 105 Å². The van der Waals surface area contributed by atoms with Gasteiger partial charge in [0.15, 0.2) is 0 Å². The molecule has 0 fully saturated rings. The maximum Gasteiger partial charge on any atom is 0.148 e. The van der Waals surface area contributed by atoms with Gasteiger partial charge < -0.3 is 10.6 Å². The Kier molecular flexibility index (Phi) is 5.81. The Morgan fingerprint density at radius 2 is 2.18 bits per heavy atom. The van der Waals surface area contributed by atoms with Gasteiger partial charge in [0.25, 0.3) is 0 Å². The second-order valence-electron chi connectivity index (χ2n) is 4.78. The maximum atomic E-state index is 5.57. The number of hydrogen-bond donors (Lipinski definition) is 1. The molecular weight excluding hydrogens is 210 g/mol. The quantitative estimate of drug-likeness (QED) is 0.768. The number of nitrogens with zero attached hydrogens (tertiary/aromatic N) is 2. The predicted molar refractivity (Wildman–Crippen MR) is 74.5 cm³/mol. The van der Waals surface area contributed by atoms with E-state index in [0.29, 0.717) is 0 Å². The topological polar surface area (TPSA) is 41.6 Å². The monoisotopic (exact) mass is 235 g/mol. The summed E-state index contributed by atoms with van der Waals surface area (Å²) in [6.45, 7) is 7.68. The summed E-state index contributed by atoms with van der Waals surface area (Å²) in [5.41, 5.74) is 6.88. The standard InChI is InChI=1S/C14H25N3/c1-4-6-12(3)8-13-10-16-14(9-15)17(11-13)7-5-2/h9-12H,4-8,15H2,1-3H3/b14-9-. The van der Waals surface area contributed by atoms with Crippen LogP contribution >= 0.6 is 0 Å². The molecule has 0 aromatic rings. The highest BCUT2D eigenvalue weighted by molar-refractivity contribution is 5.80. The fourth-order valence-electron chi connectivity index (χ4n) is 2.18. The van der Waals surface area contributed by atoms with Crippen molar-refractivity contribution in [1.82, 2.24) is 4.90 Å². The molecule has 1 atom stereocenters. The molecule has 3 nitrogen and oxygen atoms in total. The molecule has 1 aliphatic rings. The van der Waals surface area contributed by atoms with Crippen molar-refractivity contribution in [2.75, 3.05) is 6.54 Å². The summed E-state index contributed by atoms with van der Waals surface area (Å²) in [6, 6.07) is 0. The van der Waals surface area contributed by atoms with E-state index in [1.807, 2.05) is 6.21 Å². The van der Waals surface area contributed by atoms with Gasteiger partial charge in [0.1, 0.15) is 5.82 Å². The van der Waals surface area contributed by atoms with Gasteiger partial charge in [-0.05, 0) is 24.3 Å². The van der Waals surface area contributed by atoms with Crippen LogP contribution in [0.2, 0.25) is 0 Å². The van der Waals surface area contributed by atoms with Crippen molar-refractivity contribution < 1.29 is 0 Å². The van der Waals surface area contributed by atoms with E-state index in [0.717, 1.165) is 31.1 Å². The number of rotatable bonds is 6. The van der Waals surface area contributed by atoms with Crippen LogP contribution in [0.5, 0.6) is 0 Å². The second kappa shape index (κ2) is 7.15. The van der Waals surface area contributed by atoms with Gasteiger partial charge in [0.2, 0.25) is 0 Å². The van der Waals surface area contributed by atoms with Gasteiger partial charge in [-0.25, -0.2) is 4.99 Å². The average Bonchev–Trinajstić information content (AvgIpc) is 2.30.